The molecule has 0 saturated heterocycles. The minimum absolute atomic E-state index is 0.00729. The van der Waals surface area contributed by atoms with E-state index in [1.807, 2.05) is 19.1 Å². The maximum Gasteiger partial charge on any atom is 0.122 e. The lowest BCUT2D eigenvalue weighted by Gasteiger charge is -2.27. The maximum absolute atomic E-state index is 9.85. The van der Waals surface area contributed by atoms with Crippen LogP contribution < -0.4 is 10.1 Å². The molecule has 0 saturated carbocycles. The number of fused-ring (bicyclic) bond motifs is 1. The van der Waals surface area contributed by atoms with Crippen molar-refractivity contribution in [2.75, 3.05) is 11.9 Å². The second kappa shape index (κ2) is 3.98. The smallest absolute Gasteiger partial charge is 0.122 e. The number of rotatable bonds is 3. The molecule has 2 rings (SSSR count). The Hall–Kier alpha value is -1.22. The van der Waals surface area contributed by atoms with Crippen molar-refractivity contribution in [1.29, 1.82) is 0 Å². The van der Waals surface area contributed by atoms with E-state index in [4.69, 9.17) is 4.74 Å². The summed E-state index contributed by atoms with van der Waals surface area (Å²) in [5.74, 6) is 0.987. The minimum Gasteiger partial charge on any atom is -0.493 e. The van der Waals surface area contributed by atoms with E-state index >= 15 is 0 Å². The number of hydrogen-bond acceptors (Lipinski definition) is 3. The van der Waals surface area contributed by atoms with Gasteiger partial charge in [-0.1, -0.05) is 0 Å². The first-order chi connectivity index (χ1) is 7.47. The molecule has 2 N–H and O–H groups in total. The van der Waals surface area contributed by atoms with Crippen LogP contribution in [-0.2, 0) is 6.42 Å². The van der Waals surface area contributed by atoms with E-state index in [1.54, 1.807) is 13.8 Å². The van der Waals surface area contributed by atoms with E-state index in [-0.39, 0.29) is 6.04 Å². The average molecular weight is 221 g/mol. The summed E-state index contributed by atoms with van der Waals surface area (Å²) < 4.78 is 5.45. The lowest BCUT2D eigenvalue weighted by Crippen LogP contribution is -2.39. The van der Waals surface area contributed by atoms with Crippen molar-refractivity contribution < 1.29 is 9.84 Å². The first-order valence-corrected chi connectivity index (χ1v) is 5.71. The van der Waals surface area contributed by atoms with Gasteiger partial charge in [0.1, 0.15) is 5.75 Å². The van der Waals surface area contributed by atoms with Crippen LogP contribution in [0.3, 0.4) is 0 Å². The van der Waals surface area contributed by atoms with Crippen LogP contribution in [0, 0.1) is 0 Å². The molecule has 0 bridgehead atoms. The van der Waals surface area contributed by atoms with Crippen molar-refractivity contribution in [2.24, 2.45) is 0 Å². The van der Waals surface area contributed by atoms with E-state index in [2.05, 4.69) is 11.4 Å². The van der Waals surface area contributed by atoms with Crippen molar-refractivity contribution in [3.05, 3.63) is 23.8 Å². The van der Waals surface area contributed by atoms with Gasteiger partial charge >= 0.3 is 0 Å². The monoisotopic (exact) mass is 221 g/mol. The Morgan fingerprint density at radius 3 is 2.88 bits per heavy atom. The molecule has 0 aliphatic carbocycles. The molecule has 0 amide bonds. The number of anilines is 1. The molecule has 1 unspecified atom stereocenters. The number of ether oxygens (including phenoxy) is 1. The van der Waals surface area contributed by atoms with E-state index in [0.29, 0.717) is 0 Å². The summed E-state index contributed by atoms with van der Waals surface area (Å²) in [4.78, 5) is 0. The number of aliphatic hydroxyl groups is 1. The Morgan fingerprint density at radius 2 is 2.19 bits per heavy atom. The van der Waals surface area contributed by atoms with Gasteiger partial charge in [-0.3, -0.25) is 0 Å². The molecular weight excluding hydrogens is 202 g/mol. The summed E-state index contributed by atoms with van der Waals surface area (Å²) in [6, 6.07) is 6.09. The Balaban J connectivity index is 2.11. The van der Waals surface area contributed by atoms with Crippen LogP contribution in [0.2, 0.25) is 0 Å². The molecule has 1 heterocycles. The fourth-order valence-electron chi connectivity index (χ4n) is 1.70. The highest BCUT2D eigenvalue weighted by Gasteiger charge is 2.22. The van der Waals surface area contributed by atoms with Crippen LogP contribution in [0.5, 0.6) is 5.75 Å². The summed E-state index contributed by atoms with van der Waals surface area (Å²) in [6.45, 7) is 6.37. The molecule has 1 aliphatic rings. The van der Waals surface area contributed by atoms with Gasteiger partial charge in [0.25, 0.3) is 0 Å². The predicted molar refractivity (Wildman–Crippen MR) is 65.0 cm³/mol. The van der Waals surface area contributed by atoms with E-state index in [1.165, 1.54) is 5.56 Å². The Kier molecular flexibility index (Phi) is 2.80. The topological polar surface area (TPSA) is 41.5 Å². The second-order valence-electron chi connectivity index (χ2n) is 4.94. The third kappa shape index (κ3) is 2.30. The van der Waals surface area contributed by atoms with Crippen LogP contribution in [-0.4, -0.2) is 23.4 Å². The van der Waals surface area contributed by atoms with Crippen molar-refractivity contribution in [3.8, 4) is 5.75 Å². The normalized spacial score (nSPS) is 16.5. The van der Waals surface area contributed by atoms with Gasteiger partial charge in [-0.2, -0.15) is 0 Å². The van der Waals surface area contributed by atoms with Gasteiger partial charge in [-0.25, -0.2) is 0 Å². The molecule has 16 heavy (non-hydrogen) atoms. The Morgan fingerprint density at radius 1 is 1.44 bits per heavy atom. The number of nitrogens with one attached hydrogen (secondary N) is 1. The summed E-state index contributed by atoms with van der Waals surface area (Å²) in [5.41, 5.74) is 1.56. The molecule has 88 valence electrons. The van der Waals surface area contributed by atoms with Crippen molar-refractivity contribution >= 4 is 5.69 Å². The SMILES string of the molecule is CC(Nc1ccc2c(c1)CCO2)C(C)(C)O. The third-order valence-corrected chi connectivity index (χ3v) is 3.13. The van der Waals surface area contributed by atoms with E-state index < -0.39 is 5.60 Å². The zero-order valence-corrected chi connectivity index (χ0v) is 10.1. The fraction of sp³-hybridized carbons (Fsp3) is 0.538. The molecular formula is C13H19NO2. The standard InChI is InChI=1S/C13H19NO2/c1-9(13(2,3)15)14-11-4-5-12-10(8-11)6-7-16-12/h4-5,8-9,14-15H,6-7H2,1-3H3. The summed E-state index contributed by atoms with van der Waals surface area (Å²) in [5, 5.41) is 13.2. The molecule has 1 aliphatic heterocycles. The van der Waals surface area contributed by atoms with Gasteiger partial charge in [0.15, 0.2) is 0 Å². The predicted octanol–water partition coefficient (Wildman–Crippen LogP) is 2.19. The largest absolute Gasteiger partial charge is 0.493 e. The lowest BCUT2D eigenvalue weighted by molar-refractivity contribution is 0.0649. The van der Waals surface area contributed by atoms with E-state index in [9.17, 15) is 5.11 Å². The number of benzene rings is 1. The zero-order valence-electron chi connectivity index (χ0n) is 10.1. The molecule has 1 atom stereocenters. The van der Waals surface area contributed by atoms with Gasteiger partial charge in [0, 0.05) is 12.1 Å². The highest BCUT2D eigenvalue weighted by Crippen LogP contribution is 2.28. The van der Waals surface area contributed by atoms with Gasteiger partial charge in [-0.15, -0.1) is 0 Å². The van der Waals surface area contributed by atoms with Crippen molar-refractivity contribution in [1.82, 2.24) is 0 Å². The van der Waals surface area contributed by atoms with Crippen LogP contribution in [0.25, 0.3) is 0 Å². The first-order valence-electron chi connectivity index (χ1n) is 5.71. The second-order valence-corrected chi connectivity index (χ2v) is 4.94. The Bertz CT molecular complexity index is 382. The minimum atomic E-state index is -0.727. The summed E-state index contributed by atoms with van der Waals surface area (Å²) in [7, 11) is 0. The maximum atomic E-state index is 9.85. The molecule has 0 radical (unpaired) electrons. The molecule has 1 aromatic carbocycles. The lowest BCUT2D eigenvalue weighted by atomic mass is 10.0. The molecule has 0 fully saturated rings. The van der Waals surface area contributed by atoms with Gasteiger partial charge in [-0.05, 0) is 44.5 Å². The van der Waals surface area contributed by atoms with Crippen LogP contribution >= 0.6 is 0 Å². The molecule has 0 aromatic heterocycles. The fourth-order valence-corrected chi connectivity index (χ4v) is 1.70. The van der Waals surface area contributed by atoms with Gasteiger partial charge in [0.05, 0.1) is 18.2 Å². The van der Waals surface area contributed by atoms with Crippen LogP contribution in [0.4, 0.5) is 5.69 Å². The quantitative estimate of drug-likeness (QED) is 0.822. The molecule has 3 nitrogen and oxygen atoms in total. The van der Waals surface area contributed by atoms with Crippen molar-refractivity contribution in [2.45, 2.75) is 38.8 Å². The molecule has 3 heteroatoms. The average Bonchev–Trinajstić information content (AvgIpc) is 2.63. The summed E-state index contributed by atoms with van der Waals surface area (Å²) in [6.07, 6.45) is 0.974. The van der Waals surface area contributed by atoms with E-state index in [0.717, 1.165) is 24.5 Å². The zero-order chi connectivity index (χ0) is 11.8. The van der Waals surface area contributed by atoms with Crippen LogP contribution in [0.15, 0.2) is 18.2 Å². The summed E-state index contributed by atoms with van der Waals surface area (Å²) >= 11 is 0. The highest BCUT2D eigenvalue weighted by atomic mass is 16.5. The number of hydrogen-bond donors (Lipinski definition) is 2. The van der Waals surface area contributed by atoms with Crippen molar-refractivity contribution in [3.63, 3.8) is 0 Å². The molecule has 0 spiro atoms. The van der Waals surface area contributed by atoms with Crippen LogP contribution in [0.1, 0.15) is 26.3 Å². The first kappa shape index (κ1) is 11.3. The molecule has 1 aromatic rings. The Labute approximate surface area is 96.4 Å². The van der Waals surface area contributed by atoms with Gasteiger partial charge < -0.3 is 15.2 Å². The third-order valence-electron chi connectivity index (χ3n) is 3.13. The highest BCUT2D eigenvalue weighted by molar-refractivity contribution is 5.53. The van der Waals surface area contributed by atoms with Gasteiger partial charge in [0.2, 0.25) is 0 Å².